The first kappa shape index (κ1) is 13.7. The Morgan fingerprint density at radius 3 is 2.71 bits per heavy atom. The van der Waals surface area contributed by atoms with Gasteiger partial charge in [-0.15, -0.1) is 0 Å². The van der Waals surface area contributed by atoms with Gasteiger partial charge in [-0.2, -0.15) is 5.10 Å². The van der Waals surface area contributed by atoms with Crippen molar-refractivity contribution in [3.8, 4) is 0 Å². The van der Waals surface area contributed by atoms with Gasteiger partial charge in [-0.25, -0.2) is 0 Å². The van der Waals surface area contributed by atoms with Crippen molar-refractivity contribution in [1.82, 2.24) is 15.1 Å². The van der Waals surface area contributed by atoms with Crippen LogP contribution in [0.1, 0.15) is 31.5 Å². The van der Waals surface area contributed by atoms with E-state index in [4.69, 9.17) is 5.73 Å². The lowest BCUT2D eigenvalue weighted by molar-refractivity contribution is -0.122. The first-order valence-electron chi connectivity index (χ1n) is 5.92. The van der Waals surface area contributed by atoms with Gasteiger partial charge in [0, 0.05) is 25.4 Å². The largest absolute Gasteiger partial charge is 0.351 e. The molecule has 0 aromatic carbocycles. The molecule has 1 amide bonds. The lowest BCUT2D eigenvalue weighted by atomic mass is 10.0. The van der Waals surface area contributed by atoms with E-state index in [0.29, 0.717) is 18.9 Å². The molecule has 0 aliphatic carbocycles. The Balaban J connectivity index is 2.45. The van der Waals surface area contributed by atoms with Crippen LogP contribution in [0.25, 0.3) is 0 Å². The van der Waals surface area contributed by atoms with Crippen LogP contribution in [0.4, 0.5) is 0 Å². The van der Waals surface area contributed by atoms with Crippen molar-refractivity contribution in [2.24, 2.45) is 18.7 Å². The summed E-state index contributed by atoms with van der Waals surface area (Å²) < 4.78 is 1.74. The van der Waals surface area contributed by atoms with Crippen LogP contribution in [0.3, 0.4) is 0 Å². The van der Waals surface area contributed by atoms with Gasteiger partial charge in [-0.1, -0.05) is 13.8 Å². The smallest absolute Gasteiger partial charge is 0.237 e. The highest BCUT2D eigenvalue weighted by Crippen LogP contribution is 2.05. The van der Waals surface area contributed by atoms with Crippen molar-refractivity contribution in [3.05, 3.63) is 17.5 Å². The second kappa shape index (κ2) is 5.82. The summed E-state index contributed by atoms with van der Waals surface area (Å²) >= 11 is 0. The Hall–Kier alpha value is -1.36. The third-order valence-electron chi connectivity index (χ3n) is 2.63. The summed E-state index contributed by atoms with van der Waals surface area (Å²) in [7, 11) is 1.86. The van der Waals surface area contributed by atoms with Gasteiger partial charge >= 0.3 is 0 Å². The second-order valence-electron chi connectivity index (χ2n) is 4.87. The Bertz CT molecular complexity index is 384. The third kappa shape index (κ3) is 4.19. The zero-order chi connectivity index (χ0) is 13.0. The zero-order valence-corrected chi connectivity index (χ0v) is 11.0. The summed E-state index contributed by atoms with van der Waals surface area (Å²) in [5.74, 6) is 0.331. The molecule has 5 nitrogen and oxygen atoms in total. The Morgan fingerprint density at radius 1 is 1.59 bits per heavy atom. The summed E-state index contributed by atoms with van der Waals surface area (Å²) in [5, 5.41) is 7.06. The molecule has 96 valence electrons. The molecule has 0 radical (unpaired) electrons. The van der Waals surface area contributed by atoms with Gasteiger partial charge in [0.25, 0.3) is 0 Å². The molecule has 0 aliphatic rings. The Kier molecular flexibility index (Phi) is 4.69. The molecule has 0 saturated carbocycles. The molecule has 1 rings (SSSR count). The predicted molar refractivity (Wildman–Crippen MR) is 67.2 cm³/mol. The van der Waals surface area contributed by atoms with Crippen LogP contribution in [0.5, 0.6) is 0 Å². The van der Waals surface area contributed by atoms with Crippen molar-refractivity contribution in [1.29, 1.82) is 0 Å². The number of carbonyl (C=O) groups is 1. The number of hydrogen-bond donors (Lipinski definition) is 2. The van der Waals surface area contributed by atoms with Crippen LogP contribution in [0.15, 0.2) is 6.20 Å². The summed E-state index contributed by atoms with van der Waals surface area (Å²) in [4.78, 5) is 11.7. The van der Waals surface area contributed by atoms with E-state index >= 15 is 0 Å². The average molecular weight is 238 g/mol. The zero-order valence-electron chi connectivity index (χ0n) is 11.0. The van der Waals surface area contributed by atoms with Crippen molar-refractivity contribution in [2.45, 2.75) is 39.8 Å². The summed E-state index contributed by atoms with van der Waals surface area (Å²) in [6.45, 7) is 6.52. The van der Waals surface area contributed by atoms with Gasteiger partial charge in [0.1, 0.15) is 0 Å². The average Bonchev–Trinajstić information content (AvgIpc) is 2.52. The van der Waals surface area contributed by atoms with Gasteiger partial charge in [0.05, 0.1) is 11.7 Å². The first-order chi connectivity index (χ1) is 7.90. The second-order valence-corrected chi connectivity index (χ2v) is 4.87. The molecule has 1 atom stereocenters. The molecule has 0 saturated heterocycles. The molecular formula is C12H22N4O. The van der Waals surface area contributed by atoms with E-state index in [9.17, 15) is 4.79 Å². The fourth-order valence-electron chi connectivity index (χ4n) is 1.75. The van der Waals surface area contributed by atoms with Crippen molar-refractivity contribution in [3.63, 3.8) is 0 Å². The van der Waals surface area contributed by atoms with Crippen LogP contribution < -0.4 is 11.1 Å². The number of aromatic nitrogens is 2. The number of carbonyl (C=O) groups excluding carboxylic acids is 1. The van der Waals surface area contributed by atoms with Crippen molar-refractivity contribution in [2.75, 3.05) is 0 Å². The number of amides is 1. The van der Waals surface area contributed by atoms with E-state index in [1.54, 1.807) is 4.68 Å². The lowest BCUT2D eigenvalue weighted by Gasteiger charge is -2.13. The third-order valence-corrected chi connectivity index (χ3v) is 2.63. The minimum absolute atomic E-state index is 0.0954. The van der Waals surface area contributed by atoms with E-state index in [2.05, 4.69) is 24.3 Å². The van der Waals surface area contributed by atoms with E-state index in [0.717, 1.165) is 11.3 Å². The van der Waals surface area contributed by atoms with Gasteiger partial charge in [-0.05, 0) is 19.3 Å². The van der Waals surface area contributed by atoms with E-state index in [1.165, 1.54) is 0 Å². The van der Waals surface area contributed by atoms with Gasteiger partial charge in [0.2, 0.25) is 5.91 Å². The number of rotatable bonds is 5. The molecule has 0 aliphatic heterocycles. The van der Waals surface area contributed by atoms with E-state index < -0.39 is 6.04 Å². The number of aryl methyl sites for hydroxylation is 2. The summed E-state index contributed by atoms with van der Waals surface area (Å²) in [5.41, 5.74) is 7.75. The molecule has 5 heteroatoms. The number of hydrogen-bond acceptors (Lipinski definition) is 3. The quantitative estimate of drug-likeness (QED) is 0.794. The predicted octanol–water partition coefficient (Wildman–Crippen LogP) is 0.718. The lowest BCUT2D eigenvalue weighted by Crippen LogP contribution is -2.41. The maximum atomic E-state index is 11.7. The van der Waals surface area contributed by atoms with Crippen LogP contribution in [0.2, 0.25) is 0 Å². The molecule has 1 aromatic rings. The van der Waals surface area contributed by atoms with Gasteiger partial charge in [-0.3, -0.25) is 9.48 Å². The monoisotopic (exact) mass is 238 g/mol. The highest BCUT2D eigenvalue weighted by atomic mass is 16.2. The minimum atomic E-state index is -0.424. The fraction of sp³-hybridized carbons (Fsp3) is 0.667. The molecule has 3 N–H and O–H groups in total. The highest BCUT2D eigenvalue weighted by Gasteiger charge is 2.15. The van der Waals surface area contributed by atoms with Crippen LogP contribution in [-0.2, 0) is 18.4 Å². The maximum Gasteiger partial charge on any atom is 0.237 e. The van der Waals surface area contributed by atoms with E-state index in [1.807, 2.05) is 20.2 Å². The Labute approximate surface area is 102 Å². The van der Waals surface area contributed by atoms with Crippen LogP contribution >= 0.6 is 0 Å². The van der Waals surface area contributed by atoms with Crippen LogP contribution in [0, 0.1) is 12.8 Å². The Morgan fingerprint density at radius 2 is 2.24 bits per heavy atom. The first-order valence-corrected chi connectivity index (χ1v) is 5.92. The van der Waals surface area contributed by atoms with Crippen LogP contribution in [-0.4, -0.2) is 21.7 Å². The van der Waals surface area contributed by atoms with Gasteiger partial charge < -0.3 is 11.1 Å². The fourth-order valence-corrected chi connectivity index (χ4v) is 1.75. The maximum absolute atomic E-state index is 11.7. The van der Waals surface area contributed by atoms with Gasteiger partial charge in [0.15, 0.2) is 0 Å². The molecule has 1 aromatic heterocycles. The van der Waals surface area contributed by atoms with Crippen molar-refractivity contribution >= 4 is 5.91 Å². The normalized spacial score (nSPS) is 12.8. The SMILES string of the molecule is Cc1nn(C)cc1CNC(=O)C(N)CC(C)C. The van der Waals surface area contributed by atoms with Crippen molar-refractivity contribution < 1.29 is 4.79 Å². The molecule has 17 heavy (non-hydrogen) atoms. The number of nitrogens with zero attached hydrogens (tertiary/aromatic N) is 2. The molecule has 0 bridgehead atoms. The number of nitrogens with one attached hydrogen (secondary N) is 1. The molecule has 0 spiro atoms. The summed E-state index contributed by atoms with van der Waals surface area (Å²) in [6, 6.07) is -0.424. The summed E-state index contributed by atoms with van der Waals surface area (Å²) in [6.07, 6.45) is 2.61. The molecule has 0 fully saturated rings. The minimum Gasteiger partial charge on any atom is -0.351 e. The standard InChI is InChI=1S/C12H22N4O/c1-8(2)5-11(13)12(17)14-6-10-7-16(4)15-9(10)3/h7-8,11H,5-6,13H2,1-4H3,(H,14,17). The number of nitrogens with two attached hydrogens (primary N) is 1. The highest BCUT2D eigenvalue weighted by molar-refractivity contribution is 5.81. The van der Waals surface area contributed by atoms with E-state index in [-0.39, 0.29) is 5.91 Å². The molecule has 1 unspecified atom stereocenters. The topological polar surface area (TPSA) is 72.9 Å². The molecular weight excluding hydrogens is 216 g/mol. The molecule has 1 heterocycles.